The molecule has 1 saturated heterocycles. The fraction of sp³-hybridized carbons (Fsp3) is 0.429. The van der Waals surface area contributed by atoms with Crippen LogP contribution in [0.2, 0.25) is 0 Å². The first-order valence-corrected chi connectivity index (χ1v) is 9.86. The first kappa shape index (κ1) is 23.2. The Morgan fingerprint density at radius 3 is 2.34 bits per heavy atom. The first-order valence-electron chi connectivity index (χ1n) is 9.86. The number of aromatic nitrogens is 2. The highest BCUT2D eigenvalue weighted by atomic mass is 19.3. The molecule has 2 heterocycles. The van der Waals surface area contributed by atoms with Crippen molar-refractivity contribution in [2.24, 2.45) is 5.92 Å². The molecular formula is C21H20F4N4O3. The second-order valence-electron chi connectivity index (χ2n) is 7.26. The number of hydrogen-bond acceptors (Lipinski definition) is 5. The van der Waals surface area contributed by atoms with Gasteiger partial charge in [-0.15, -0.1) is 0 Å². The lowest BCUT2D eigenvalue weighted by atomic mass is 9.98. The van der Waals surface area contributed by atoms with Crippen molar-refractivity contribution in [2.45, 2.75) is 38.3 Å². The van der Waals surface area contributed by atoms with E-state index in [4.69, 9.17) is 10.00 Å². The van der Waals surface area contributed by atoms with Gasteiger partial charge >= 0.3 is 5.97 Å². The van der Waals surface area contributed by atoms with Gasteiger partial charge in [0.2, 0.25) is 6.04 Å². The standard InChI is InChI=1S/C21H20F4N4O3/c22-18(23)15-10-16(19(24)25)29(27-15)17(20(30)28-8-6-13(11-26)7-9-28)21(31)32-12-14-4-2-1-3-5-14/h1-5,10,13,17-19H,6-9,12H2. The molecule has 7 nitrogen and oxygen atoms in total. The number of ether oxygens (including phenoxy) is 1. The van der Waals surface area contributed by atoms with Crippen molar-refractivity contribution in [3.8, 4) is 6.07 Å². The van der Waals surface area contributed by atoms with Crippen LogP contribution >= 0.6 is 0 Å². The highest BCUT2D eigenvalue weighted by Crippen LogP contribution is 2.29. The Bertz CT molecular complexity index is 983. The van der Waals surface area contributed by atoms with Gasteiger partial charge in [-0.25, -0.2) is 27.0 Å². The van der Waals surface area contributed by atoms with Gasteiger partial charge in [0, 0.05) is 19.0 Å². The van der Waals surface area contributed by atoms with Gasteiger partial charge < -0.3 is 9.64 Å². The molecule has 0 aliphatic carbocycles. The maximum Gasteiger partial charge on any atom is 0.341 e. The molecule has 0 saturated carbocycles. The number of hydrogen-bond donors (Lipinski definition) is 0. The van der Waals surface area contributed by atoms with Gasteiger partial charge in [0.1, 0.15) is 18.0 Å². The van der Waals surface area contributed by atoms with E-state index in [-0.39, 0.29) is 25.6 Å². The average molecular weight is 452 g/mol. The first-order chi connectivity index (χ1) is 15.3. The number of amides is 1. The number of nitrogens with zero attached hydrogens (tertiary/aromatic N) is 4. The SMILES string of the molecule is N#CC1CCN(C(=O)C(C(=O)OCc2ccccc2)n2nc(C(F)F)cc2C(F)F)CC1. The number of piperidine rings is 1. The predicted molar refractivity (Wildman–Crippen MR) is 102 cm³/mol. The number of benzene rings is 1. The van der Waals surface area contributed by atoms with Crippen LogP contribution in [-0.4, -0.2) is 39.6 Å². The third kappa shape index (κ3) is 5.25. The molecule has 1 unspecified atom stereocenters. The highest BCUT2D eigenvalue weighted by molar-refractivity contribution is 6.00. The third-order valence-electron chi connectivity index (χ3n) is 5.15. The normalized spacial score (nSPS) is 15.6. The molecule has 1 aliphatic heterocycles. The number of nitriles is 1. The minimum Gasteiger partial charge on any atom is -0.459 e. The zero-order chi connectivity index (χ0) is 23.3. The van der Waals surface area contributed by atoms with Crippen molar-refractivity contribution in [1.82, 2.24) is 14.7 Å². The van der Waals surface area contributed by atoms with Crippen LogP contribution < -0.4 is 0 Å². The lowest BCUT2D eigenvalue weighted by Gasteiger charge is -2.31. The van der Waals surface area contributed by atoms with E-state index in [1.165, 1.54) is 4.90 Å². The fourth-order valence-electron chi connectivity index (χ4n) is 3.42. The Balaban J connectivity index is 1.91. The van der Waals surface area contributed by atoms with Crippen LogP contribution in [0.4, 0.5) is 17.6 Å². The second kappa shape index (κ2) is 10.3. The third-order valence-corrected chi connectivity index (χ3v) is 5.15. The summed E-state index contributed by atoms with van der Waals surface area (Å²) in [4.78, 5) is 27.2. The Morgan fingerprint density at radius 1 is 1.12 bits per heavy atom. The summed E-state index contributed by atoms with van der Waals surface area (Å²) in [6.45, 7) is -0.00797. The van der Waals surface area contributed by atoms with Gasteiger partial charge in [-0.1, -0.05) is 30.3 Å². The molecule has 1 aromatic heterocycles. The van der Waals surface area contributed by atoms with Crippen molar-refractivity contribution in [3.63, 3.8) is 0 Å². The van der Waals surface area contributed by atoms with Gasteiger partial charge in [0.15, 0.2) is 0 Å². The smallest absolute Gasteiger partial charge is 0.341 e. The Kier molecular flexibility index (Phi) is 7.45. The monoisotopic (exact) mass is 452 g/mol. The maximum absolute atomic E-state index is 13.6. The number of carbonyl (C=O) groups excluding carboxylic acids is 2. The van der Waals surface area contributed by atoms with Gasteiger partial charge in [-0.2, -0.15) is 10.4 Å². The number of carbonyl (C=O) groups is 2. The number of alkyl halides is 4. The summed E-state index contributed by atoms with van der Waals surface area (Å²) >= 11 is 0. The van der Waals surface area contributed by atoms with Crippen LogP contribution in [0.15, 0.2) is 36.4 Å². The summed E-state index contributed by atoms with van der Waals surface area (Å²) in [5.41, 5.74) is -1.37. The molecule has 3 rings (SSSR count). The molecule has 0 spiro atoms. The highest BCUT2D eigenvalue weighted by Gasteiger charge is 2.39. The number of esters is 1. The quantitative estimate of drug-likeness (QED) is 0.362. The van der Waals surface area contributed by atoms with Gasteiger partial charge in [-0.05, 0) is 24.5 Å². The molecule has 1 atom stereocenters. The maximum atomic E-state index is 13.6. The average Bonchev–Trinajstić information content (AvgIpc) is 3.24. The molecule has 2 aromatic rings. The van der Waals surface area contributed by atoms with Crippen molar-refractivity contribution in [1.29, 1.82) is 5.26 Å². The topological polar surface area (TPSA) is 88.2 Å². The number of rotatable bonds is 7. The number of likely N-dealkylation sites (tertiary alicyclic amines) is 1. The van der Waals surface area contributed by atoms with Gasteiger partial charge in [-0.3, -0.25) is 4.79 Å². The Hall–Kier alpha value is -3.42. The van der Waals surface area contributed by atoms with Gasteiger partial charge in [0.25, 0.3) is 18.8 Å². The predicted octanol–water partition coefficient (Wildman–Crippen LogP) is 3.80. The lowest BCUT2D eigenvalue weighted by Crippen LogP contribution is -2.45. The zero-order valence-corrected chi connectivity index (χ0v) is 16.8. The summed E-state index contributed by atoms with van der Waals surface area (Å²) < 4.78 is 58.9. The molecule has 0 bridgehead atoms. The van der Waals surface area contributed by atoms with Crippen LogP contribution in [0.5, 0.6) is 0 Å². The van der Waals surface area contributed by atoms with Crippen LogP contribution in [0.3, 0.4) is 0 Å². The van der Waals surface area contributed by atoms with Crippen molar-refractivity contribution < 1.29 is 31.9 Å². The summed E-state index contributed by atoms with van der Waals surface area (Å²) in [5.74, 6) is -2.35. The van der Waals surface area contributed by atoms with E-state index in [1.54, 1.807) is 30.3 Å². The molecule has 1 aromatic carbocycles. The molecule has 1 aliphatic rings. The largest absolute Gasteiger partial charge is 0.459 e. The fourth-order valence-corrected chi connectivity index (χ4v) is 3.42. The van der Waals surface area contributed by atoms with E-state index in [2.05, 4.69) is 11.2 Å². The van der Waals surface area contributed by atoms with E-state index in [0.29, 0.717) is 29.2 Å². The van der Waals surface area contributed by atoms with Crippen LogP contribution in [0, 0.1) is 17.2 Å². The molecular weight excluding hydrogens is 432 g/mol. The van der Waals surface area contributed by atoms with Crippen LogP contribution in [0.25, 0.3) is 0 Å². The molecule has 0 N–H and O–H groups in total. The van der Waals surface area contributed by atoms with E-state index in [1.807, 2.05) is 0 Å². The Morgan fingerprint density at radius 2 is 1.78 bits per heavy atom. The zero-order valence-electron chi connectivity index (χ0n) is 16.8. The van der Waals surface area contributed by atoms with E-state index < -0.39 is 42.2 Å². The molecule has 11 heteroatoms. The molecule has 0 radical (unpaired) electrons. The van der Waals surface area contributed by atoms with Crippen molar-refractivity contribution >= 4 is 11.9 Å². The minimum absolute atomic E-state index is 0.118. The number of halogens is 4. The summed E-state index contributed by atoms with van der Waals surface area (Å²) in [5, 5.41) is 12.5. The van der Waals surface area contributed by atoms with E-state index >= 15 is 0 Å². The lowest BCUT2D eigenvalue weighted by molar-refractivity contribution is -0.157. The van der Waals surface area contributed by atoms with Crippen molar-refractivity contribution in [3.05, 3.63) is 53.3 Å². The van der Waals surface area contributed by atoms with Crippen molar-refractivity contribution in [2.75, 3.05) is 13.1 Å². The molecule has 170 valence electrons. The van der Waals surface area contributed by atoms with Crippen LogP contribution in [-0.2, 0) is 20.9 Å². The Labute approximate surface area is 181 Å². The summed E-state index contributed by atoms with van der Waals surface area (Å²) in [7, 11) is 0. The van der Waals surface area contributed by atoms with E-state index in [0.717, 1.165) is 0 Å². The molecule has 1 amide bonds. The minimum atomic E-state index is -3.25. The van der Waals surface area contributed by atoms with Gasteiger partial charge in [0.05, 0.1) is 6.07 Å². The van der Waals surface area contributed by atoms with E-state index in [9.17, 15) is 27.2 Å². The van der Waals surface area contributed by atoms with Crippen LogP contribution in [0.1, 0.15) is 48.7 Å². The second-order valence-corrected chi connectivity index (χ2v) is 7.26. The molecule has 1 fully saturated rings. The summed E-state index contributed by atoms with van der Waals surface area (Å²) in [6, 6.07) is 9.03. The summed E-state index contributed by atoms with van der Waals surface area (Å²) in [6.07, 6.45) is -5.73. The molecule has 32 heavy (non-hydrogen) atoms.